The highest BCUT2D eigenvalue weighted by Crippen LogP contribution is 2.32. The van der Waals surface area contributed by atoms with Crippen molar-refractivity contribution in [1.29, 1.82) is 0 Å². The minimum Gasteiger partial charge on any atom is -0.392 e. The van der Waals surface area contributed by atoms with Gasteiger partial charge < -0.3 is 5.11 Å². The predicted molar refractivity (Wildman–Crippen MR) is 65.0 cm³/mol. The quantitative estimate of drug-likeness (QED) is 0.811. The van der Waals surface area contributed by atoms with Crippen LogP contribution in [0.15, 0.2) is 23.1 Å². The van der Waals surface area contributed by atoms with Gasteiger partial charge in [0.25, 0.3) is 0 Å². The Morgan fingerprint density at radius 1 is 1.31 bits per heavy atom. The van der Waals surface area contributed by atoms with Crippen LogP contribution in [0.2, 0.25) is 0 Å². The molecule has 0 aromatic heterocycles. The van der Waals surface area contributed by atoms with Crippen molar-refractivity contribution in [2.24, 2.45) is 5.92 Å². The third-order valence-electron chi connectivity index (χ3n) is 3.14. The molecular weight excluding hydrogens is 223 g/mol. The van der Waals surface area contributed by atoms with E-state index < -0.39 is 0 Å². The number of thioether (sulfide) groups is 1. The molecule has 0 unspecified atom stereocenters. The Labute approximate surface area is 100 Å². The molecule has 1 N–H and O–H groups in total. The van der Waals surface area contributed by atoms with E-state index in [0.717, 1.165) is 16.6 Å². The molecule has 3 heteroatoms. The molecule has 1 aromatic carbocycles. The lowest BCUT2D eigenvalue weighted by Crippen LogP contribution is -1.98. The first kappa shape index (κ1) is 11.9. The SMILES string of the molecule is OCc1cc(F)ccc1SCC1CCCC1. The summed E-state index contributed by atoms with van der Waals surface area (Å²) in [5.74, 6) is 1.63. The van der Waals surface area contributed by atoms with Crippen LogP contribution < -0.4 is 0 Å². The number of hydrogen-bond acceptors (Lipinski definition) is 2. The molecule has 0 saturated heterocycles. The molecule has 1 saturated carbocycles. The number of halogens is 1. The van der Waals surface area contributed by atoms with Gasteiger partial charge in [0.2, 0.25) is 0 Å². The third-order valence-corrected chi connectivity index (χ3v) is 4.49. The van der Waals surface area contributed by atoms with Gasteiger partial charge in [-0.25, -0.2) is 4.39 Å². The van der Waals surface area contributed by atoms with Crippen LogP contribution in [-0.4, -0.2) is 10.9 Å². The van der Waals surface area contributed by atoms with E-state index in [4.69, 9.17) is 5.11 Å². The summed E-state index contributed by atoms with van der Waals surface area (Å²) in [4.78, 5) is 1.02. The molecule has 0 bridgehead atoms. The van der Waals surface area contributed by atoms with Gasteiger partial charge in [0, 0.05) is 10.6 Å². The summed E-state index contributed by atoms with van der Waals surface area (Å²) in [6, 6.07) is 4.67. The van der Waals surface area contributed by atoms with E-state index in [1.54, 1.807) is 17.8 Å². The first-order chi connectivity index (χ1) is 7.79. The van der Waals surface area contributed by atoms with E-state index in [0.29, 0.717) is 5.56 Å². The fraction of sp³-hybridized carbons (Fsp3) is 0.538. The summed E-state index contributed by atoms with van der Waals surface area (Å²) in [7, 11) is 0. The molecule has 1 aliphatic rings. The Morgan fingerprint density at radius 3 is 2.75 bits per heavy atom. The summed E-state index contributed by atoms with van der Waals surface area (Å²) in [5.41, 5.74) is 0.711. The zero-order chi connectivity index (χ0) is 11.4. The highest BCUT2D eigenvalue weighted by Gasteiger charge is 2.15. The van der Waals surface area contributed by atoms with E-state index in [9.17, 15) is 4.39 Å². The number of rotatable bonds is 4. The van der Waals surface area contributed by atoms with Crippen molar-refractivity contribution >= 4 is 11.8 Å². The minimum atomic E-state index is -0.269. The Kier molecular flexibility index (Phi) is 4.24. The Hall–Kier alpha value is -0.540. The van der Waals surface area contributed by atoms with Crippen LogP contribution in [0.25, 0.3) is 0 Å². The van der Waals surface area contributed by atoms with Crippen molar-refractivity contribution in [2.75, 3.05) is 5.75 Å². The molecule has 0 amide bonds. The number of aliphatic hydroxyl groups is 1. The average molecular weight is 240 g/mol. The number of hydrogen-bond donors (Lipinski definition) is 1. The maximum atomic E-state index is 13.0. The summed E-state index contributed by atoms with van der Waals surface area (Å²) in [6.07, 6.45) is 5.34. The largest absolute Gasteiger partial charge is 0.392 e. The van der Waals surface area contributed by atoms with E-state index in [2.05, 4.69) is 0 Å². The molecule has 16 heavy (non-hydrogen) atoms. The van der Waals surface area contributed by atoms with Crippen molar-refractivity contribution in [2.45, 2.75) is 37.2 Å². The summed E-state index contributed by atoms with van der Waals surface area (Å²) >= 11 is 1.75. The zero-order valence-electron chi connectivity index (χ0n) is 9.29. The highest BCUT2D eigenvalue weighted by atomic mass is 32.2. The first-order valence-corrected chi connectivity index (χ1v) is 6.80. The highest BCUT2D eigenvalue weighted by molar-refractivity contribution is 7.99. The maximum absolute atomic E-state index is 13.0. The Balaban J connectivity index is 1.97. The van der Waals surface area contributed by atoms with E-state index in [1.165, 1.54) is 37.8 Å². The zero-order valence-corrected chi connectivity index (χ0v) is 10.1. The van der Waals surface area contributed by atoms with Crippen LogP contribution in [0.5, 0.6) is 0 Å². The van der Waals surface area contributed by atoms with Gasteiger partial charge in [-0.05, 0) is 42.5 Å². The predicted octanol–water partition coefficient (Wildman–Crippen LogP) is 3.60. The van der Waals surface area contributed by atoms with Crippen molar-refractivity contribution in [3.8, 4) is 0 Å². The van der Waals surface area contributed by atoms with E-state index in [1.807, 2.05) is 0 Å². The topological polar surface area (TPSA) is 20.2 Å². The van der Waals surface area contributed by atoms with Gasteiger partial charge in [0.1, 0.15) is 5.82 Å². The molecule has 2 rings (SSSR count). The smallest absolute Gasteiger partial charge is 0.123 e. The van der Waals surface area contributed by atoms with Gasteiger partial charge in [0.15, 0.2) is 0 Å². The molecule has 1 nitrogen and oxygen atoms in total. The number of benzene rings is 1. The molecule has 1 aliphatic carbocycles. The van der Waals surface area contributed by atoms with Gasteiger partial charge in [-0.15, -0.1) is 11.8 Å². The minimum absolute atomic E-state index is 0.0786. The van der Waals surface area contributed by atoms with Crippen molar-refractivity contribution in [1.82, 2.24) is 0 Å². The molecule has 88 valence electrons. The molecule has 0 heterocycles. The molecule has 0 atom stereocenters. The lowest BCUT2D eigenvalue weighted by Gasteiger charge is -2.10. The van der Waals surface area contributed by atoms with Crippen molar-refractivity contribution in [3.63, 3.8) is 0 Å². The van der Waals surface area contributed by atoms with Gasteiger partial charge in [-0.3, -0.25) is 0 Å². The van der Waals surface area contributed by atoms with E-state index in [-0.39, 0.29) is 12.4 Å². The second-order valence-corrected chi connectivity index (χ2v) is 5.43. The fourth-order valence-corrected chi connectivity index (χ4v) is 3.42. The standard InChI is InChI=1S/C13H17FOS/c14-12-5-6-13(11(7-12)8-15)16-9-10-3-1-2-4-10/h5-7,10,15H,1-4,8-9H2. The van der Waals surface area contributed by atoms with Crippen LogP contribution in [-0.2, 0) is 6.61 Å². The van der Waals surface area contributed by atoms with Crippen molar-refractivity contribution in [3.05, 3.63) is 29.6 Å². The van der Waals surface area contributed by atoms with Crippen molar-refractivity contribution < 1.29 is 9.50 Å². The number of aliphatic hydroxyl groups excluding tert-OH is 1. The van der Waals surface area contributed by atoms with E-state index >= 15 is 0 Å². The maximum Gasteiger partial charge on any atom is 0.123 e. The van der Waals surface area contributed by atoms with Gasteiger partial charge >= 0.3 is 0 Å². The van der Waals surface area contributed by atoms with Gasteiger partial charge in [-0.1, -0.05) is 12.8 Å². The first-order valence-electron chi connectivity index (χ1n) is 5.81. The second kappa shape index (κ2) is 5.69. The summed E-state index contributed by atoms with van der Waals surface area (Å²) in [5, 5.41) is 9.15. The average Bonchev–Trinajstić information content (AvgIpc) is 2.80. The third kappa shape index (κ3) is 2.98. The molecule has 0 radical (unpaired) electrons. The van der Waals surface area contributed by atoms with Crippen LogP contribution >= 0.6 is 11.8 Å². The second-order valence-electron chi connectivity index (χ2n) is 4.37. The monoisotopic (exact) mass is 240 g/mol. The Bertz CT molecular complexity index is 348. The van der Waals surface area contributed by atoms with Crippen LogP contribution in [0.4, 0.5) is 4.39 Å². The molecule has 1 fully saturated rings. The van der Waals surface area contributed by atoms with Crippen LogP contribution in [0.1, 0.15) is 31.2 Å². The molecule has 0 aliphatic heterocycles. The molecule has 1 aromatic rings. The molecular formula is C13H17FOS. The summed E-state index contributed by atoms with van der Waals surface area (Å²) in [6.45, 7) is -0.0786. The fourth-order valence-electron chi connectivity index (χ4n) is 2.20. The Morgan fingerprint density at radius 2 is 2.06 bits per heavy atom. The van der Waals surface area contributed by atoms with Gasteiger partial charge in [0.05, 0.1) is 6.61 Å². The summed E-state index contributed by atoms with van der Waals surface area (Å²) < 4.78 is 13.0. The van der Waals surface area contributed by atoms with Crippen LogP contribution in [0, 0.1) is 11.7 Å². The molecule has 0 spiro atoms. The lowest BCUT2D eigenvalue weighted by molar-refractivity contribution is 0.278. The van der Waals surface area contributed by atoms with Gasteiger partial charge in [-0.2, -0.15) is 0 Å². The normalized spacial score (nSPS) is 16.9. The van der Waals surface area contributed by atoms with Crippen LogP contribution in [0.3, 0.4) is 0 Å². The lowest BCUT2D eigenvalue weighted by atomic mass is 10.1.